The Labute approximate surface area is 115 Å². The summed E-state index contributed by atoms with van der Waals surface area (Å²) in [4.78, 5) is 0. The summed E-state index contributed by atoms with van der Waals surface area (Å²) in [7, 11) is 0. The van der Waals surface area contributed by atoms with Gasteiger partial charge in [-0.1, -0.05) is 50.3 Å². The van der Waals surface area contributed by atoms with Crippen LogP contribution >= 0.6 is 0 Å². The number of fused-ring (bicyclic) bond motifs is 2. The second-order valence-corrected chi connectivity index (χ2v) is 4.50. The second kappa shape index (κ2) is 6.22. The Hall–Kier alpha value is -2.04. The average molecular weight is 248 g/mol. The minimum atomic E-state index is 1.01. The van der Waals surface area contributed by atoms with E-state index in [-0.39, 0.29) is 0 Å². The van der Waals surface area contributed by atoms with E-state index in [0.717, 1.165) is 6.42 Å². The van der Waals surface area contributed by atoms with E-state index < -0.39 is 0 Å². The Morgan fingerprint density at radius 1 is 1.05 bits per heavy atom. The van der Waals surface area contributed by atoms with Crippen LogP contribution in [0, 0.1) is 0 Å². The van der Waals surface area contributed by atoms with Crippen LogP contribution in [0.15, 0.2) is 48.1 Å². The summed E-state index contributed by atoms with van der Waals surface area (Å²) >= 11 is 0. The highest BCUT2D eigenvalue weighted by Gasteiger charge is 2.01. The van der Waals surface area contributed by atoms with Gasteiger partial charge in [-0.05, 0) is 53.5 Å². The van der Waals surface area contributed by atoms with Crippen molar-refractivity contribution in [3.8, 4) is 0 Å². The van der Waals surface area contributed by atoms with E-state index in [1.165, 1.54) is 27.1 Å². The lowest BCUT2D eigenvalue weighted by Gasteiger charge is -2.02. The number of hydrogen-bond acceptors (Lipinski definition) is 0. The summed E-state index contributed by atoms with van der Waals surface area (Å²) in [6.07, 6.45) is 16.0. The molecule has 0 fully saturated rings. The molecular formula is C19H20. The highest BCUT2D eigenvalue weighted by molar-refractivity contribution is 5.60. The van der Waals surface area contributed by atoms with Crippen LogP contribution < -0.4 is 10.4 Å². The molecule has 0 heteroatoms. The maximum Gasteiger partial charge on any atom is 0.0243 e. The smallest absolute Gasteiger partial charge is 0.0243 e. The maximum atomic E-state index is 3.37. The minimum Gasteiger partial charge on any atom is -0.112 e. The lowest BCUT2D eigenvalue weighted by molar-refractivity contribution is 1.24. The Balaban J connectivity index is 0.000000637. The van der Waals surface area contributed by atoms with Crippen LogP contribution in [0.25, 0.3) is 17.9 Å². The van der Waals surface area contributed by atoms with Crippen molar-refractivity contribution in [2.24, 2.45) is 0 Å². The molecule has 0 radical (unpaired) electrons. The Morgan fingerprint density at radius 2 is 1.89 bits per heavy atom. The van der Waals surface area contributed by atoms with Crippen LogP contribution in [0.5, 0.6) is 0 Å². The number of rotatable bonds is 0. The van der Waals surface area contributed by atoms with Crippen molar-refractivity contribution in [3.05, 3.63) is 69.7 Å². The molecule has 0 saturated carbocycles. The fraction of sp³-hybridized carbons (Fsp3) is 0.211. The molecule has 0 spiro atoms. The molecule has 0 aliphatic heterocycles. The van der Waals surface area contributed by atoms with Crippen molar-refractivity contribution in [2.45, 2.75) is 27.2 Å². The van der Waals surface area contributed by atoms with Gasteiger partial charge in [0, 0.05) is 5.22 Å². The molecule has 96 valence electrons. The summed E-state index contributed by atoms with van der Waals surface area (Å²) in [5, 5.41) is 2.45. The van der Waals surface area contributed by atoms with Crippen molar-refractivity contribution in [3.63, 3.8) is 0 Å². The van der Waals surface area contributed by atoms with Crippen molar-refractivity contribution in [1.29, 1.82) is 0 Å². The second-order valence-electron chi connectivity index (χ2n) is 4.50. The van der Waals surface area contributed by atoms with E-state index in [0.29, 0.717) is 0 Å². The molecule has 0 N–H and O–H groups in total. The Kier molecular flexibility index (Phi) is 4.39. The highest BCUT2D eigenvalue weighted by Crippen LogP contribution is 2.11. The summed E-state index contributed by atoms with van der Waals surface area (Å²) in [5.74, 6) is 0. The molecule has 1 aromatic carbocycles. The van der Waals surface area contributed by atoms with Crippen LogP contribution in [0.2, 0.25) is 0 Å². The zero-order valence-electron chi connectivity index (χ0n) is 11.9. The third kappa shape index (κ3) is 3.05. The molecule has 1 aromatic rings. The average Bonchev–Trinajstić information content (AvgIpc) is 2.77. The standard InChI is InChI=1S/C17H14.C2H6/c1-13-7-9-16-11-14-5-3-2-4-6-15(14)12-17(16)10-8-13;1-2/h2-5,7-8,10-12H,6H2,1H3;1-2H3. The van der Waals surface area contributed by atoms with E-state index in [4.69, 9.17) is 0 Å². The predicted octanol–water partition coefficient (Wildman–Crippen LogP) is 3.51. The predicted molar refractivity (Wildman–Crippen MR) is 85.1 cm³/mol. The van der Waals surface area contributed by atoms with Crippen LogP contribution in [-0.2, 0) is 6.42 Å². The largest absolute Gasteiger partial charge is 0.112 e. The summed E-state index contributed by atoms with van der Waals surface area (Å²) < 4.78 is 0. The molecule has 0 saturated heterocycles. The molecule has 0 heterocycles. The van der Waals surface area contributed by atoms with Gasteiger partial charge in [-0.2, -0.15) is 0 Å². The maximum absolute atomic E-state index is 3.37. The molecule has 2 aliphatic carbocycles. The highest BCUT2D eigenvalue weighted by atomic mass is 14.1. The van der Waals surface area contributed by atoms with E-state index in [1.54, 1.807) is 0 Å². The number of allylic oxidation sites excluding steroid dienone is 6. The first-order valence-corrected chi connectivity index (χ1v) is 6.94. The lowest BCUT2D eigenvalue weighted by Crippen LogP contribution is -2.24. The van der Waals surface area contributed by atoms with Gasteiger partial charge >= 0.3 is 0 Å². The van der Waals surface area contributed by atoms with E-state index >= 15 is 0 Å². The van der Waals surface area contributed by atoms with Crippen LogP contribution in [0.1, 0.15) is 31.9 Å². The van der Waals surface area contributed by atoms with E-state index in [1.807, 2.05) is 19.9 Å². The summed E-state index contributed by atoms with van der Waals surface area (Å²) in [5.41, 5.74) is 7.31. The van der Waals surface area contributed by atoms with Crippen molar-refractivity contribution < 1.29 is 0 Å². The summed E-state index contributed by atoms with van der Waals surface area (Å²) in [6.45, 7) is 6.10. The van der Waals surface area contributed by atoms with Gasteiger partial charge in [0.05, 0.1) is 0 Å². The third-order valence-corrected chi connectivity index (χ3v) is 3.15. The van der Waals surface area contributed by atoms with Crippen LogP contribution in [0.4, 0.5) is 0 Å². The molecule has 3 rings (SSSR count). The fourth-order valence-electron chi connectivity index (χ4n) is 2.17. The van der Waals surface area contributed by atoms with Crippen molar-refractivity contribution >= 4 is 17.9 Å². The van der Waals surface area contributed by atoms with Gasteiger partial charge in [0.25, 0.3) is 0 Å². The Bertz CT molecular complexity index is 703. The van der Waals surface area contributed by atoms with Crippen LogP contribution in [-0.4, -0.2) is 0 Å². The molecule has 0 aromatic heterocycles. The van der Waals surface area contributed by atoms with Gasteiger partial charge in [0.15, 0.2) is 0 Å². The molecule has 0 bridgehead atoms. The normalized spacial score (nSPS) is 14.6. The topological polar surface area (TPSA) is 0 Å². The molecule has 0 unspecified atom stereocenters. The van der Waals surface area contributed by atoms with Crippen molar-refractivity contribution in [2.75, 3.05) is 0 Å². The number of hydrogen-bond donors (Lipinski definition) is 0. The third-order valence-electron chi connectivity index (χ3n) is 3.15. The molecule has 0 nitrogen and oxygen atoms in total. The number of benzene rings is 1. The first-order chi connectivity index (χ1) is 9.33. The molecular weight excluding hydrogens is 228 g/mol. The Morgan fingerprint density at radius 3 is 2.74 bits per heavy atom. The van der Waals surface area contributed by atoms with E-state index in [9.17, 15) is 0 Å². The first-order valence-electron chi connectivity index (χ1n) is 6.94. The van der Waals surface area contributed by atoms with Gasteiger partial charge in [-0.25, -0.2) is 0 Å². The monoisotopic (exact) mass is 248 g/mol. The van der Waals surface area contributed by atoms with Gasteiger partial charge in [0.2, 0.25) is 0 Å². The summed E-state index contributed by atoms with van der Waals surface area (Å²) in [6, 6.07) is 4.51. The first kappa shape index (κ1) is 13.4. The zero-order chi connectivity index (χ0) is 13.7. The van der Waals surface area contributed by atoms with Gasteiger partial charge in [-0.15, -0.1) is 5.73 Å². The molecule has 0 amide bonds. The fourth-order valence-corrected chi connectivity index (χ4v) is 2.17. The quantitative estimate of drug-likeness (QED) is 0.659. The van der Waals surface area contributed by atoms with Gasteiger partial charge in [0.1, 0.15) is 0 Å². The van der Waals surface area contributed by atoms with Crippen molar-refractivity contribution in [1.82, 2.24) is 0 Å². The van der Waals surface area contributed by atoms with Crippen LogP contribution in [0.3, 0.4) is 0 Å². The lowest BCUT2D eigenvalue weighted by atomic mass is 10.0. The van der Waals surface area contributed by atoms with E-state index in [2.05, 4.69) is 61.2 Å². The zero-order valence-corrected chi connectivity index (χ0v) is 11.9. The van der Waals surface area contributed by atoms with Gasteiger partial charge in [-0.3, -0.25) is 0 Å². The molecule has 19 heavy (non-hydrogen) atoms. The minimum absolute atomic E-state index is 1.01. The van der Waals surface area contributed by atoms with Gasteiger partial charge < -0.3 is 0 Å². The molecule has 0 atom stereocenters. The SMILES string of the molecule is CC.CC1=CC=c2cc3c(cc2=C=C1)C=CC=CC3. The molecule has 2 aliphatic rings.